The van der Waals surface area contributed by atoms with Gasteiger partial charge in [0, 0.05) is 6.54 Å². The molecule has 0 bridgehead atoms. The maximum absolute atomic E-state index is 12.6. The normalized spacial score (nSPS) is 10.7. The summed E-state index contributed by atoms with van der Waals surface area (Å²) in [6, 6.07) is 1.22. The molecule has 0 saturated carbocycles. The Balaban J connectivity index is 3.17. The third kappa shape index (κ3) is 3.20. The van der Waals surface area contributed by atoms with Crippen LogP contribution in [-0.4, -0.2) is 18.1 Å². The molecule has 0 fully saturated rings. The molecule has 0 spiro atoms. The number of esters is 1. The van der Waals surface area contributed by atoms with Gasteiger partial charge in [-0.15, -0.1) is 0 Å². The molecule has 1 aromatic heterocycles. The molecule has 2 N–H and O–H groups in total. The van der Waals surface area contributed by atoms with E-state index in [-0.39, 0.29) is 18.7 Å². The minimum Gasteiger partial charge on any atom is -0.469 e. The van der Waals surface area contributed by atoms with Crippen molar-refractivity contribution in [2.24, 2.45) is 5.73 Å². The molecule has 0 atom stereocenters. The number of alkyl halides is 2. The molecule has 0 aromatic carbocycles. The van der Waals surface area contributed by atoms with Gasteiger partial charge in [0.1, 0.15) is 5.69 Å². The zero-order chi connectivity index (χ0) is 13.0. The van der Waals surface area contributed by atoms with E-state index < -0.39 is 12.4 Å². The Hall–Kier alpha value is -1.56. The summed E-state index contributed by atoms with van der Waals surface area (Å²) in [4.78, 5) is 14.9. The van der Waals surface area contributed by atoms with Crippen LogP contribution >= 0.6 is 0 Å². The zero-order valence-corrected chi connectivity index (χ0v) is 9.67. The summed E-state index contributed by atoms with van der Waals surface area (Å²) in [7, 11) is 1.25. The largest absolute Gasteiger partial charge is 0.469 e. The second kappa shape index (κ2) is 5.67. The summed E-state index contributed by atoms with van der Waals surface area (Å²) >= 11 is 0. The molecule has 17 heavy (non-hydrogen) atoms. The van der Waals surface area contributed by atoms with E-state index in [0.29, 0.717) is 16.8 Å². The Morgan fingerprint density at radius 1 is 1.59 bits per heavy atom. The molecule has 1 rings (SSSR count). The van der Waals surface area contributed by atoms with Gasteiger partial charge in [0.05, 0.1) is 19.2 Å². The minimum absolute atomic E-state index is 0.0561. The van der Waals surface area contributed by atoms with Gasteiger partial charge in [-0.25, -0.2) is 8.78 Å². The fourth-order valence-electron chi connectivity index (χ4n) is 1.47. The van der Waals surface area contributed by atoms with Gasteiger partial charge >= 0.3 is 5.97 Å². The van der Waals surface area contributed by atoms with Gasteiger partial charge in [0.25, 0.3) is 6.43 Å². The Morgan fingerprint density at radius 2 is 2.24 bits per heavy atom. The number of carbonyl (C=O) groups excluding carboxylic acids is 1. The van der Waals surface area contributed by atoms with Gasteiger partial charge in [-0.2, -0.15) is 0 Å². The smallest absolute Gasteiger partial charge is 0.309 e. The van der Waals surface area contributed by atoms with Crippen molar-refractivity contribution in [3.05, 3.63) is 28.6 Å². The maximum Gasteiger partial charge on any atom is 0.309 e. The lowest BCUT2D eigenvalue weighted by Crippen LogP contribution is -2.12. The number of aromatic nitrogens is 1. The summed E-state index contributed by atoms with van der Waals surface area (Å²) in [6.45, 7) is 1.75. The monoisotopic (exact) mass is 244 g/mol. The minimum atomic E-state index is -2.68. The molecule has 6 heteroatoms. The third-order valence-corrected chi connectivity index (χ3v) is 2.48. The topological polar surface area (TPSA) is 65.2 Å². The predicted octanol–water partition coefficient (Wildman–Crippen LogP) is 1.50. The van der Waals surface area contributed by atoms with Crippen LogP contribution < -0.4 is 5.73 Å². The van der Waals surface area contributed by atoms with Crippen LogP contribution in [0.1, 0.15) is 28.9 Å². The van der Waals surface area contributed by atoms with Crippen molar-refractivity contribution in [1.29, 1.82) is 0 Å². The Labute approximate surface area is 97.8 Å². The molecule has 0 aliphatic carbocycles. The second-order valence-corrected chi connectivity index (χ2v) is 3.54. The number of pyridine rings is 1. The lowest BCUT2D eigenvalue weighted by Gasteiger charge is -2.11. The molecular weight excluding hydrogens is 230 g/mol. The van der Waals surface area contributed by atoms with Crippen molar-refractivity contribution < 1.29 is 18.3 Å². The van der Waals surface area contributed by atoms with Gasteiger partial charge in [-0.1, -0.05) is 0 Å². The number of nitrogens with zero attached hydrogens (tertiary/aromatic N) is 1. The molecule has 4 nitrogen and oxygen atoms in total. The van der Waals surface area contributed by atoms with Crippen LogP contribution in [0.3, 0.4) is 0 Å². The van der Waals surface area contributed by atoms with Crippen molar-refractivity contribution in [1.82, 2.24) is 4.98 Å². The molecule has 0 radical (unpaired) electrons. The molecule has 1 heterocycles. The summed E-state index contributed by atoms with van der Waals surface area (Å²) in [5.41, 5.74) is 6.57. The quantitative estimate of drug-likeness (QED) is 0.815. The first-order valence-electron chi connectivity index (χ1n) is 5.04. The van der Waals surface area contributed by atoms with Crippen molar-refractivity contribution in [3.8, 4) is 0 Å². The summed E-state index contributed by atoms with van der Waals surface area (Å²) in [6.07, 6.45) is -2.74. The van der Waals surface area contributed by atoms with E-state index in [1.165, 1.54) is 13.2 Å². The van der Waals surface area contributed by atoms with Crippen LogP contribution in [0.4, 0.5) is 8.78 Å². The van der Waals surface area contributed by atoms with Crippen molar-refractivity contribution in [2.45, 2.75) is 26.3 Å². The average molecular weight is 244 g/mol. The predicted molar refractivity (Wildman–Crippen MR) is 57.5 cm³/mol. The third-order valence-electron chi connectivity index (χ3n) is 2.48. The number of nitrogens with two attached hydrogens (primary N) is 1. The van der Waals surface area contributed by atoms with Crippen LogP contribution in [0.25, 0.3) is 0 Å². The molecule has 0 aliphatic rings. The van der Waals surface area contributed by atoms with Gasteiger partial charge in [-0.3, -0.25) is 9.78 Å². The SMILES string of the molecule is COC(=O)Cc1cc(C(F)F)nc(CN)c1C. The van der Waals surface area contributed by atoms with E-state index >= 15 is 0 Å². The number of hydrogen-bond donors (Lipinski definition) is 1. The molecule has 0 saturated heterocycles. The molecule has 1 aromatic rings. The molecule has 0 aliphatic heterocycles. The number of halogens is 2. The highest BCUT2D eigenvalue weighted by atomic mass is 19.3. The second-order valence-electron chi connectivity index (χ2n) is 3.54. The van der Waals surface area contributed by atoms with Gasteiger partial charge in [0.15, 0.2) is 0 Å². The summed E-state index contributed by atoms with van der Waals surface area (Å²) in [5, 5.41) is 0. The Bertz CT molecular complexity index is 422. The van der Waals surface area contributed by atoms with Crippen molar-refractivity contribution >= 4 is 5.97 Å². The fraction of sp³-hybridized carbons (Fsp3) is 0.455. The maximum atomic E-state index is 12.6. The van der Waals surface area contributed by atoms with E-state index in [1.54, 1.807) is 6.92 Å². The van der Waals surface area contributed by atoms with E-state index in [2.05, 4.69) is 9.72 Å². The van der Waals surface area contributed by atoms with Gasteiger partial charge in [0.2, 0.25) is 0 Å². The highest BCUT2D eigenvalue weighted by Gasteiger charge is 2.16. The number of rotatable bonds is 4. The van der Waals surface area contributed by atoms with Crippen molar-refractivity contribution in [3.63, 3.8) is 0 Å². The fourth-order valence-corrected chi connectivity index (χ4v) is 1.47. The Morgan fingerprint density at radius 3 is 2.71 bits per heavy atom. The van der Waals surface area contributed by atoms with Crippen LogP contribution in [0, 0.1) is 6.92 Å². The highest BCUT2D eigenvalue weighted by Crippen LogP contribution is 2.22. The molecule has 94 valence electrons. The average Bonchev–Trinajstić information content (AvgIpc) is 2.31. The van der Waals surface area contributed by atoms with Crippen LogP contribution in [0.15, 0.2) is 6.07 Å². The van der Waals surface area contributed by atoms with E-state index in [0.717, 1.165) is 0 Å². The number of carbonyl (C=O) groups is 1. The van der Waals surface area contributed by atoms with Gasteiger partial charge in [-0.05, 0) is 24.1 Å². The first-order valence-corrected chi connectivity index (χ1v) is 5.04. The summed E-state index contributed by atoms with van der Waals surface area (Å²) < 4.78 is 29.7. The van der Waals surface area contributed by atoms with E-state index in [4.69, 9.17) is 5.73 Å². The number of hydrogen-bond acceptors (Lipinski definition) is 4. The Kier molecular flexibility index (Phi) is 4.51. The number of methoxy groups -OCH3 is 1. The van der Waals surface area contributed by atoms with Gasteiger partial charge < -0.3 is 10.5 Å². The first kappa shape index (κ1) is 13.5. The standard InChI is InChI=1S/C11H14F2N2O2/c1-6-7(4-10(16)17-2)3-8(11(12)13)15-9(6)5-14/h3,11H,4-5,14H2,1-2H3. The zero-order valence-electron chi connectivity index (χ0n) is 9.67. The first-order chi connectivity index (χ1) is 7.99. The molecule has 0 amide bonds. The molecule has 0 unspecified atom stereocenters. The van der Waals surface area contributed by atoms with Crippen LogP contribution in [0.5, 0.6) is 0 Å². The molecular formula is C11H14F2N2O2. The van der Waals surface area contributed by atoms with E-state index in [9.17, 15) is 13.6 Å². The highest BCUT2D eigenvalue weighted by molar-refractivity contribution is 5.73. The van der Waals surface area contributed by atoms with Crippen LogP contribution in [-0.2, 0) is 22.5 Å². The lowest BCUT2D eigenvalue weighted by molar-refractivity contribution is -0.139. The van der Waals surface area contributed by atoms with Crippen molar-refractivity contribution in [2.75, 3.05) is 7.11 Å². The van der Waals surface area contributed by atoms with Crippen LogP contribution in [0.2, 0.25) is 0 Å². The number of ether oxygens (including phenoxy) is 1. The lowest BCUT2D eigenvalue weighted by atomic mass is 10.0. The summed E-state index contributed by atoms with van der Waals surface area (Å²) in [5.74, 6) is -0.484. The van der Waals surface area contributed by atoms with E-state index in [1.807, 2.05) is 0 Å².